The Morgan fingerprint density at radius 1 is 1.09 bits per heavy atom. The lowest BCUT2D eigenvalue weighted by Crippen LogP contribution is -2.41. The molecule has 4 nitrogen and oxygen atoms in total. The molecule has 6 heteroatoms. The summed E-state index contributed by atoms with van der Waals surface area (Å²) in [4.78, 5) is 4.01. The average molecular weight is 319 g/mol. The molecule has 2 aromatic rings. The number of hydrogen-bond donors (Lipinski definition) is 0. The Kier molecular flexibility index (Phi) is 3.83. The van der Waals surface area contributed by atoms with E-state index in [1.807, 2.05) is 22.9 Å². The van der Waals surface area contributed by atoms with Crippen molar-refractivity contribution in [1.82, 2.24) is 9.55 Å². The van der Waals surface area contributed by atoms with Gasteiger partial charge in [0.2, 0.25) is 5.28 Å². The lowest BCUT2D eigenvalue weighted by molar-refractivity contribution is 0.00578. The van der Waals surface area contributed by atoms with Crippen LogP contribution in [0.25, 0.3) is 0 Å². The van der Waals surface area contributed by atoms with Crippen molar-refractivity contribution in [3.05, 3.63) is 47.5 Å². The second-order valence-electron chi connectivity index (χ2n) is 6.65. The molecule has 0 aliphatic carbocycles. The summed E-state index contributed by atoms with van der Waals surface area (Å²) >= 11 is 6.00. The molecule has 1 aliphatic heterocycles. The molecule has 2 heterocycles. The summed E-state index contributed by atoms with van der Waals surface area (Å²) in [5.41, 5.74) is 1.54. The maximum Gasteiger partial charge on any atom is 0.494 e. The third-order valence-electron chi connectivity index (χ3n) is 4.52. The topological polar surface area (TPSA) is 36.3 Å². The molecule has 1 aromatic heterocycles. The number of aromatic nitrogens is 2. The van der Waals surface area contributed by atoms with Crippen molar-refractivity contribution in [1.29, 1.82) is 0 Å². The highest BCUT2D eigenvalue weighted by Crippen LogP contribution is 2.36. The van der Waals surface area contributed by atoms with E-state index in [4.69, 9.17) is 20.9 Å². The average Bonchev–Trinajstić information content (AvgIpc) is 2.92. The van der Waals surface area contributed by atoms with E-state index < -0.39 is 0 Å². The van der Waals surface area contributed by atoms with Crippen molar-refractivity contribution in [3.8, 4) is 0 Å². The van der Waals surface area contributed by atoms with Crippen LogP contribution in [0.2, 0.25) is 5.28 Å². The highest BCUT2D eigenvalue weighted by Gasteiger charge is 2.51. The SMILES string of the molecule is CC1(C)OB(c2ccc(Cn3ccnc3Cl)cc2)OC1(C)C. The molecular weight excluding hydrogens is 298 g/mol. The number of halogens is 1. The van der Waals surface area contributed by atoms with Gasteiger partial charge in [0.15, 0.2) is 0 Å². The lowest BCUT2D eigenvalue weighted by Gasteiger charge is -2.32. The standard InChI is InChI=1S/C16H20BClN2O2/c1-15(2)16(3,4)22-17(21-15)13-7-5-12(6-8-13)11-20-10-9-19-14(20)18/h5-10H,11H2,1-4H3. The summed E-state index contributed by atoms with van der Waals surface area (Å²) in [6.07, 6.45) is 3.56. The Hall–Kier alpha value is -1.30. The minimum absolute atomic E-state index is 0.319. The van der Waals surface area contributed by atoms with Crippen LogP contribution in [-0.2, 0) is 15.9 Å². The largest absolute Gasteiger partial charge is 0.494 e. The van der Waals surface area contributed by atoms with Gasteiger partial charge in [0.25, 0.3) is 0 Å². The molecule has 0 amide bonds. The molecule has 0 saturated carbocycles. The van der Waals surface area contributed by atoms with Crippen LogP contribution < -0.4 is 5.46 Å². The first kappa shape index (κ1) is 15.6. The number of nitrogens with zero attached hydrogens (tertiary/aromatic N) is 2. The van der Waals surface area contributed by atoms with Crippen molar-refractivity contribution >= 4 is 24.2 Å². The predicted molar refractivity (Wildman–Crippen MR) is 88.5 cm³/mol. The van der Waals surface area contributed by atoms with Crippen molar-refractivity contribution in [2.45, 2.75) is 45.4 Å². The first-order valence-corrected chi connectivity index (χ1v) is 7.77. The summed E-state index contributed by atoms with van der Waals surface area (Å²) in [6, 6.07) is 8.22. The van der Waals surface area contributed by atoms with Crippen LogP contribution in [0.4, 0.5) is 0 Å². The van der Waals surface area contributed by atoms with Gasteiger partial charge in [-0.15, -0.1) is 0 Å². The van der Waals surface area contributed by atoms with Gasteiger partial charge in [0, 0.05) is 18.9 Å². The maximum atomic E-state index is 6.06. The maximum absolute atomic E-state index is 6.06. The van der Waals surface area contributed by atoms with Crippen molar-refractivity contribution in [2.75, 3.05) is 0 Å². The van der Waals surface area contributed by atoms with Gasteiger partial charge in [-0.2, -0.15) is 0 Å². The first-order chi connectivity index (χ1) is 10.3. The summed E-state index contributed by atoms with van der Waals surface area (Å²) in [6.45, 7) is 8.93. The smallest absolute Gasteiger partial charge is 0.399 e. The fraction of sp³-hybridized carbons (Fsp3) is 0.438. The van der Waals surface area contributed by atoms with E-state index in [0.29, 0.717) is 11.8 Å². The van der Waals surface area contributed by atoms with Gasteiger partial charge in [-0.3, -0.25) is 0 Å². The van der Waals surface area contributed by atoms with Crippen LogP contribution in [0.3, 0.4) is 0 Å². The highest BCUT2D eigenvalue weighted by atomic mass is 35.5. The molecule has 1 fully saturated rings. The van der Waals surface area contributed by atoms with E-state index in [1.54, 1.807) is 6.20 Å². The summed E-state index contributed by atoms with van der Waals surface area (Å²) in [7, 11) is -0.323. The van der Waals surface area contributed by atoms with E-state index in [9.17, 15) is 0 Å². The number of benzene rings is 1. The fourth-order valence-corrected chi connectivity index (χ4v) is 2.56. The molecule has 3 rings (SSSR count). The summed E-state index contributed by atoms with van der Waals surface area (Å²) < 4.78 is 14.0. The van der Waals surface area contributed by atoms with Crippen LogP contribution in [0.15, 0.2) is 36.7 Å². The molecule has 1 aromatic carbocycles. The molecule has 0 unspecified atom stereocenters. The zero-order valence-electron chi connectivity index (χ0n) is 13.3. The molecule has 0 radical (unpaired) electrons. The van der Waals surface area contributed by atoms with Gasteiger partial charge in [-0.25, -0.2) is 4.98 Å². The number of imidazole rings is 1. The predicted octanol–water partition coefficient (Wildman–Crippen LogP) is 2.88. The molecule has 0 N–H and O–H groups in total. The second kappa shape index (κ2) is 5.41. The fourth-order valence-electron chi connectivity index (χ4n) is 2.38. The van der Waals surface area contributed by atoms with Crippen LogP contribution >= 0.6 is 11.6 Å². The quantitative estimate of drug-likeness (QED) is 0.817. The van der Waals surface area contributed by atoms with E-state index in [0.717, 1.165) is 11.0 Å². The highest BCUT2D eigenvalue weighted by molar-refractivity contribution is 6.62. The molecule has 116 valence electrons. The normalized spacial score (nSPS) is 19.6. The van der Waals surface area contributed by atoms with E-state index in [-0.39, 0.29) is 18.3 Å². The molecule has 1 aliphatic rings. The first-order valence-electron chi connectivity index (χ1n) is 7.40. The second-order valence-corrected chi connectivity index (χ2v) is 6.99. The third kappa shape index (κ3) is 2.81. The summed E-state index contributed by atoms with van der Waals surface area (Å²) in [5, 5.41) is 0.495. The minimum Gasteiger partial charge on any atom is -0.399 e. The van der Waals surface area contributed by atoms with E-state index >= 15 is 0 Å². The Labute approximate surface area is 136 Å². The summed E-state index contributed by atoms with van der Waals surface area (Å²) in [5.74, 6) is 0. The van der Waals surface area contributed by atoms with Gasteiger partial charge in [-0.05, 0) is 50.3 Å². The minimum atomic E-state index is -0.323. The zero-order valence-corrected chi connectivity index (χ0v) is 14.1. The Bertz CT molecular complexity index is 651. The van der Waals surface area contributed by atoms with Gasteiger partial charge in [-0.1, -0.05) is 24.3 Å². The van der Waals surface area contributed by atoms with Crippen molar-refractivity contribution < 1.29 is 9.31 Å². The van der Waals surface area contributed by atoms with Gasteiger partial charge >= 0.3 is 7.12 Å². The van der Waals surface area contributed by atoms with Gasteiger partial charge < -0.3 is 13.9 Å². The molecule has 0 spiro atoms. The van der Waals surface area contributed by atoms with E-state index in [1.165, 1.54) is 0 Å². The Balaban J connectivity index is 1.74. The van der Waals surface area contributed by atoms with Gasteiger partial charge in [0.1, 0.15) is 0 Å². The van der Waals surface area contributed by atoms with Crippen molar-refractivity contribution in [2.24, 2.45) is 0 Å². The zero-order chi connectivity index (χ0) is 16.0. The van der Waals surface area contributed by atoms with Gasteiger partial charge in [0.05, 0.1) is 11.2 Å². The third-order valence-corrected chi connectivity index (χ3v) is 4.84. The Morgan fingerprint density at radius 3 is 2.18 bits per heavy atom. The lowest BCUT2D eigenvalue weighted by atomic mass is 9.79. The number of rotatable bonds is 3. The molecule has 22 heavy (non-hydrogen) atoms. The molecule has 1 saturated heterocycles. The monoisotopic (exact) mass is 318 g/mol. The van der Waals surface area contributed by atoms with Crippen LogP contribution in [0.5, 0.6) is 0 Å². The van der Waals surface area contributed by atoms with Crippen LogP contribution in [0.1, 0.15) is 33.3 Å². The van der Waals surface area contributed by atoms with Crippen LogP contribution in [-0.4, -0.2) is 27.9 Å². The van der Waals surface area contributed by atoms with E-state index in [2.05, 4.69) is 44.8 Å². The Morgan fingerprint density at radius 2 is 1.68 bits per heavy atom. The van der Waals surface area contributed by atoms with Crippen LogP contribution in [0, 0.1) is 0 Å². The molecule has 0 atom stereocenters. The molecule has 0 bridgehead atoms. The molecular formula is C16H20BClN2O2. The number of hydrogen-bond acceptors (Lipinski definition) is 3. The van der Waals surface area contributed by atoms with Crippen molar-refractivity contribution in [3.63, 3.8) is 0 Å².